The maximum absolute atomic E-state index is 6.36. The molecule has 2 aromatic rings. The van der Waals surface area contributed by atoms with Crippen molar-refractivity contribution in [1.82, 2.24) is 9.78 Å². The molecule has 1 aromatic heterocycles. The molecule has 0 saturated carbocycles. The van der Waals surface area contributed by atoms with Gasteiger partial charge in [0.25, 0.3) is 0 Å². The van der Waals surface area contributed by atoms with E-state index < -0.39 is 0 Å². The zero-order valence-electron chi connectivity index (χ0n) is 10.8. The Morgan fingerprint density at radius 1 is 1.33 bits per heavy atom. The first-order valence-corrected chi connectivity index (χ1v) is 7.04. The predicted molar refractivity (Wildman–Crippen MR) is 76.5 cm³/mol. The summed E-state index contributed by atoms with van der Waals surface area (Å²) in [5.74, 6) is 0. The van der Waals surface area contributed by atoms with E-state index in [2.05, 4.69) is 24.2 Å². The van der Waals surface area contributed by atoms with Gasteiger partial charge in [-0.3, -0.25) is 4.68 Å². The molecule has 2 unspecified atom stereocenters. The average molecular weight is 261 g/mol. The van der Waals surface area contributed by atoms with E-state index in [1.54, 1.807) is 11.8 Å². The number of aromatic nitrogens is 2. The molecule has 96 valence electrons. The average Bonchev–Trinajstić information content (AvgIpc) is 2.82. The Balaban J connectivity index is 2.09. The quantitative estimate of drug-likeness (QED) is 0.841. The fourth-order valence-electron chi connectivity index (χ4n) is 1.93. The first kappa shape index (κ1) is 13.2. The normalized spacial score (nSPS) is 14.4. The molecule has 0 fully saturated rings. The van der Waals surface area contributed by atoms with Crippen LogP contribution in [0.5, 0.6) is 0 Å². The summed E-state index contributed by atoms with van der Waals surface area (Å²) < 4.78 is 1.82. The lowest BCUT2D eigenvalue weighted by atomic mass is 10.0. The van der Waals surface area contributed by atoms with Gasteiger partial charge in [-0.1, -0.05) is 37.3 Å². The predicted octanol–water partition coefficient (Wildman–Crippen LogP) is 2.99. The van der Waals surface area contributed by atoms with E-state index in [1.165, 1.54) is 10.5 Å². The molecule has 2 atom stereocenters. The standard InChI is InChI=1S/C14H19N3S/c1-3-13(18-12-9-16-17(2)10-12)14(15)11-7-5-4-6-8-11/h4-10,13-14H,3,15H2,1-2H3. The molecule has 3 nitrogen and oxygen atoms in total. The van der Waals surface area contributed by atoms with Crippen LogP contribution >= 0.6 is 11.8 Å². The van der Waals surface area contributed by atoms with Crippen LogP contribution in [0.3, 0.4) is 0 Å². The van der Waals surface area contributed by atoms with Crippen molar-refractivity contribution in [3.63, 3.8) is 0 Å². The Morgan fingerprint density at radius 3 is 2.61 bits per heavy atom. The highest BCUT2D eigenvalue weighted by atomic mass is 32.2. The van der Waals surface area contributed by atoms with E-state index in [-0.39, 0.29) is 6.04 Å². The third-order valence-electron chi connectivity index (χ3n) is 2.96. The maximum Gasteiger partial charge on any atom is 0.0625 e. The van der Waals surface area contributed by atoms with Crippen molar-refractivity contribution in [2.75, 3.05) is 0 Å². The van der Waals surface area contributed by atoms with Crippen molar-refractivity contribution >= 4 is 11.8 Å². The molecule has 1 heterocycles. The first-order valence-electron chi connectivity index (χ1n) is 6.16. The van der Waals surface area contributed by atoms with E-state index in [9.17, 15) is 0 Å². The molecule has 0 aliphatic heterocycles. The van der Waals surface area contributed by atoms with E-state index in [0.717, 1.165) is 6.42 Å². The Morgan fingerprint density at radius 2 is 2.06 bits per heavy atom. The lowest BCUT2D eigenvalue weighted by Gasteiger charge is -2.21. The van der Waals surface area contributed by atoms with Crippen molar-refractivity contribution < 1.29 is 0 Å². The number of aryl methyl sites for hydroxylation is 1. The second-order valence-electron chi connectivity index (χ2n) is 4.35. The molecule has 0 spiro atoms. The van der Waals surface area contributed by atoms with Crippen LogP contribution in [-0.4, -0.2) is 15.0 Å². The second-order valence-corrected chi connectivity index (χ2v) is 5.66. The van der Waals surface area contributed by atoms with Gasteiger partial charge in [0.05, 0.1) is 6.20 Å². The minimum atomic E-state index is 0.0569. The molecule has 0 aliphatic carbocycles. The number of thioether (sulfide) groups is 1. The van der Waals surface area contributed by atoms with Gasteiger partial charge in [-0.25, -0.2) is 0 Å². The van der Waals surface area contributed by atoms with Crippen LogP contribution in [0.15, 0.2) is 47.6 Å². The molecule has 0 saturated heterocycles. The van der Waals surface area contributed by atoms with E-state index >= 15 is 0 Å². The van der Waals surface area contributed by atoms with Gasteiger partial charge in [0.15, 0.2) is 0 Å². The summed E-state index contributed by atoms with van der Waals surface area (Å²) in [5, 5.41) is 4.56. The van der Waals surface area contributed by atoms with Crippen LogP contribution in [-0.2, 0) is 7.05 Å². The summed E-state index contributed by atoms with van der Waals surface area (Å²) in [5.41, 5.74) is 7.55. The van der Waals surface area contributed by atoms with Crippen LogP contribution in [0, 0.1) is 0 Å². The molecule has 0 bridgehead atoms. The fraction of sp³-hybridized carbons (Fsp3) is 0.357. The van der Waals surface area contributed by atoms with Gasteiger partial charge >= 0.3 is 0 Å². The molecule has 0 amide bonds. The number of hydrogen-bond donors (Lipinski definition) is 1. The Kier molecular flexibility index (Phi) is 4.44. The Hall–Kier alpha value is -1.26. The van der Waals surface area contributed by atoms with Crippen LogP contribution in [0.1, 0.15) is 24.9 Å². The minimum Gasteiger partial charge on any atom is -0.323 e. The minimum absolute atomic E-state index is 0.0569. The lowest BCUT2D eigenvalue weighted by molar-refractivity contribution is 0.656. The summed E-state index contributed by atoms with van der Waals surface area (Å²) in [4.78, 5) is 1.18. The third kappa shape index (κ3) is 3.15. The molecule has 0 radical (unpaired) electrons. The largest absolute Gasteiger partial charge is 0.323 e. The molecule has 18 heavy (non-hydrogen) atoms. The van der Waals surface area contributed by atoms with Gasteiger partial charge in [-0.15, -0.1) is 11.8 Å². The van der Waals surface area contributed by atoms with Gasteiger partial charge in [0.2, 0.25) is 0 Å². The molecule has 1 aromatic carbocycles. The number of nitrogens with zero attached hydrogens (tertiary/aromatic N) is 2. The Bertz CT molecular complexity index is 481. The van der Waals surface area contributed by atoms with Gasteiger partial charge in [0, 0.05) is 29.4 Å². The molecule has 4 heteroatoms. The second kappa shape index (κ2) is 6.07. The van der Waals surface area contributed by atoms with Gasteiger partial charge in [-0.2, -0.15) is 5.10 Å². The first-order chi connectivity index (χ1) is 8.70. The summed E-state index contributed by atoms with van der Waals surface area (Å²) in [6.07, 6.45) is 4.96. The van der Waals surface area contributed by atoms with Crippen molar-refractivity contribution in [1.29, 1.82) is 0 Å². The van der Waals surface area contributed by atoms with E-state index in [4.69, 9.17) is 5.73 Å². The number of rotatable bonds is 5. The van der Waals surface area contributed by atoms with Crippen molar-refractivity contribution in [3.05, 3.63) is 48.3 Å². The fourth-order valence-corrected chi connectivity index (χ4v) is 3.08. The summed E-state index contributed by atoms with van der Waals surface area (Å²) in [6.45, 7) is 2.18. The van der Waals surface area contributed by atoms with Crippen LogP contribution in [0.2, 0.25) is 0 Å². The lowest BCUT2D eigenvalue weighted by Crippen LogP contribution is -2.23. The van der Waals surface area contributed by atoms with Crippen molar-refractivity contribution in [2.24, 2.45) is 12.8 Å². The number of hydrogen-bond acceptors (Lipinski definition) is 3. The smallest absolute Gasteiger partial charge is 0.0625 e. The highest BCUT2D eigenvalue weighted by Crippen LogP contribution is 2.32. The number of nitrogens with two attached hydrogens (primary N) is 1. The van der Waals surface area contributed by atoms with Crippen molar-refractivity contribution in [3.8, 4) is 0 Å². The van der Waals surface area contributed by atoms with Crippen LogP contribution in [0.25, 0.3) is 0 Å². The highest BCUT2D eigenvalue weighted by Gasteiger charge is 2.19. The van der Waals surface area contributed by atoms with Gasteiger partial charge in [-0.05, 0) is 12.0 Å². The van der Waals surface area contributed by atoms with Crippen LogP contribution in [0.4, 0.5) is 0 Å². The molecular formula is C14H19N3S. The zero-order valence-corrected chi connectivity index (χ0v) is 11.6. The van der Waals surface area contributed by atoms with Gasteiger partial charge in [0.1, 0.15) is 0 Å². The monoisotopic (exact) mass is 261 g/mol. The third-order valence-corrected chi connectivity index (χ3v) is 4.37. The Labute approximate surface area is 112 Å². The summed E-state index contributed by atoms with van der Waals surface area (Å²) >= 11 is 1.80. The maximum atomic E-state index is 6.36. The van der Waals surface area contributed by atoms with E-state index in [1.807, 2.05) is 42.3 Å². The molecule has 2 N–H and O–H groups in total. The number of benzene rings is 1. The highest BCUT2D eigenvalue weighted by molar-refractivity contribution is 8.00. The van der Waals surface area contributed by atoms with Gasteiger partial charge < -0.3 is 5.73 Å². The summed E-state index contributed by atoms with van der Waals surface area (Å²) in [6, 6.07) is 10.3. The molecule has 2 rings (SSSR count). The molecule has 0 aliphatic rings. The van der Waals surface area contributed by atoms with E-state index in [0.29, 0.717) is 5.25 Å². The van der Waals surface area contributed by atoms with Crippen LogP contribution < -0.4 is 5.73 Å². The topological polar surface area (TPSA) is 43.8 Å². The summed E-state index contributed by atoms with van der Waals surface area (Å²) in [7, 11) is 1.93. The zero-order chi connectivity index (χ0) is 13.0. The molecular weight excluding hydrogens is 242 g/mol. The van der Waals surface area contributed by atoms with Crippen molar-refractivity contribution in [2.45, 2.75) is 29.5 Å². The SMILES string of the molecule is CCC(Sc1cnn(C)c1)C(N)c1ccccc1.